The van der Waals surface area contributed by atoms with Crippen molar-refractivity contribution in [1.29, 1.82) is 0 Å². The van der Waals surface area contributed by atoms with Gasteiger partial charge in [0.15, 0.2) is 11.5 Å². The molecule has 0 radical (unpaired) electrons. The third kappa shape index (κ3) is 2.15. The first-order valence-corrected chi connectivity index (χ1v) is 6.08. The Balaban J connectivity index is 1.90. The maximum Gasteiger partial charge on any atom is 0.197 e. The second-order valence-electron chi connectivity index (χ2n) is 4.34. The van der Waals surface area contributed by atoms with E-state index < -0.39 is 5.82 Å². The van der Waals surface area contributed by atoms with E-state index in [9.17, 15) is 4.39 Å². The maximum atomic E-state index is 13.2. The van der Waals surface area contributed by atoms with Crippen LogP contribution in [-0.4, -0.2) is 17.6 Å². The molecule has 1 N–H and O–H groups in total. The minimum absolute atomic E-state index is 0.0799. The van der Waals surface area contributed by atoms with Crippen molar-refractivity contribution in [3.63, 3.8) is 0 Å². The highest BCUT2D eigenvalue weighted by Crippen LogP contribution is 2.24. The number of hydrogen-bond acceptors (Lipinski definition) is 3. The molecule has 5 heteroatoms. The Kier molecular flexibility index (Phi) is 2.76. The molecule has 17 heavy (non-hydrogen) atoms. The largest absolute Gasteiger partial charge is 0.441 e. The van der Waals surface area contributed by atoms with E-state index in [2.05, 4.69) is 10.3 Å². The summed E-state index contributed by atoms with van der Waals surface area (Å²) < 4.78 is 18.7. The van der Waals surface area contributed by atoms with Crippen LogP contribution in [0.1, 0.15) is 18.7 Å². The molecule has 1 aliphatic heterocycles. The lowest BCUT2D eigenvalue weighted by atomic mass is 10.2. The van der Waals surface area contributed by atoms with Gasteiger partial charge in [-0.05, 0) is 25.5 Å². The fourth-order valence-electron chi connectivity index (χ4n) is 2.20. The molecule has 1 fully saturated rings. The third-order valence-corrected chi connectivity index (χ3v) is 3.35. The van der Waals surface area contributed by atoms with Crippen LogP contribution in [0.5, 0.6) is 0 Å². The first kappa shape index (κ1) is 11.0. The Hall–Kier alpha value is -1.13. The number of aromatic nitrogens is 1. The molecular weight excluding hydrogens is 243 g/mol. The third-order valence-electron chi connectivity index (χ3n) is 3.06. The summed E-state index contributed by atoms with van der Waals surface area (Å²) in [6.07, 6.45) is 3.06. The number of rotatable bonds is 2. The van der Waals surface area contributed by atoms with Crippen molar-refractivity contribution in [2.24, 2.45) is 0 Å². The molecule has 0 saturated carbocycles. The normalized spacial score (nSPS) is 20.2. The van der Waals surface area contributed by atoms with Gasteiger partial charge in [-0.15, -0.1) is 0 Å². The average Bonchev–Trinajstić information content (AvgIpc) is 2.89. The van der Waals surface area contributed by atoms with Crippen molar-refractivity contribution in [2.45, 2.75) is 25.3 Å². The van der Waals surface area contributed by atoms with Crippen LogP contribution in [0.4, 0.5) is 4.39 Å². The van der Waals surface area contributed by atoms with E-state index in [0.29, 0.717) is 23.0 Å². The SMILES string of the molecule is Fc1cc2oc(CC3CCCN3)nc2cc1Cl. The molecule has 0 amide bonds. The highest BCUT2D eigenvalue weighted by atomic mass is 35.5. The summed E-state index contributed by atoms with van der Waals surface area (Å²) in [5.41, 5.74) is 1.07. The fraction of sp³-hybridized carbons (Fsp3) is 0.417. The number of halogens is 2. The lowest BCUT2D eigenvalue weighted by Crippen LogP contribution is -2.23. The van der Waals surface area contributed by atoms with Gasteiger partial charge in [0.1, 0.15) is 11.3 Å². The molecule has 3 rings (SSSR count). The lowest BCUT2D eigenvalue weighted by Gasteiger charge is -2.05. The first-order chi connectivity index (χ1) is 8.22. The zero-order chi connectivity index (χ0) is 11.8. The Labute approximate surface area is 103 Å². The summed E-state index contributed by atoms with van der Waals surface area (Å²) in [7, 11) is 0. The van der Waals surface area contributed by atoms with Gasteiger partial charge in [-0.3, -0.25) is 0 Å². The van der Waals surface area contributed by atoms with Gasteiger partial charge in [0.05, 0.1) is 5.02 Å². The smallest absolute Gasteiger partial charge is 0.197 e. The van der Waals surface area contributed by atoms with Crippen LogP contribution >= 0.6 is 11.6 Å². The number of fused-ring (bicyclic) bond motifs is 1. The lowest BCUT2D eigenvalue weighted by molar-refractivity contribution is 0.477. The van der Waals surface area contributed by atoms with Gasteiger partial charge in [-0.2, -0.15) is 0 Å². The molecule has 2 heterocycles. The zero-order valence-electron chi connectivity index (χ0n) is 9.17. The molecule has 90 valence electrons. The Morgan fingerprint density at radius 3 is 3.18 bits per heavy atom. The predicted octanol–water partition coefficient (Wildman–Crippen LogP) is 2.91. The summed E-state index contributed by atoms with van der Waals surface area (Å²) in [5.74, 6) is 0.168. The van der Waals surface area contributed by atoms with Gasteiger partial charge in [-0.1, -0.05) is 11.6 Å². The van der Waals surface area contributed by atoms with Crippen LogP contribution in [0.15, 0.2) is 16.5 Å². The Bertz CT molecular complexity index is 510. The van der Waals surface area contributed by atoms with Crippen molar-refractivity contribution >= 4 is 22.7 Å². The van der Waals surface area contributed by atoms with Gasteiger partial charge >= 0.3 is 0 Å². The first-order valence-electron chi connectivity index (χ1n) is 5.70. The predicted molar refractivity (Wildman–Crippen MR) is 63.7 cm³/mol. The molecule has 0 bridgehead atoms. The van der Waals surface area contributed by atoms with Crippen LogP contribution in [0.3, 0.4) is 0 Å². The van der Waals surface area contributed by atoms with Gasteiger partial charge in [-0.25, -0.2) is 9.37 Å². The van der Waals surface area contributed by atoms with E-state index in [1.54, 1.807) is 0 Å². The molecule has 1 saturated heterocycles. The number of oxazole rings is 1. The van der Waals surface area contributed by atoms with E-state index in [1.165, 1.54) is 18.6 Å². The average molecular weight is 255 g/mol. The van der Waals surface area contributed by atoms with E-state index >= 15 is 0 Å². The molecule has 1 aromatic heterocycles. The van der Waals surface area contributed by atoms with Crippen molar-refractivity contribution in [3.8, 4) is 0 Å². The zero-order valence-corrected chi connectivity index (χ0v) is 9.93. The molecule has 0 spiro atoms. The highest BCUT2D eigenvalue weighted by molar-refractivity contribution is 6.31. The summed E-state index contributed by atoms with van der Waals surface area (Å²) in [4.78, 5) is 4.32. The van der Waals surface area contributed by atoms with Crippen LogP contribution in [0.2, 0.25) is 5.02 Å². The molecular formula is C12H12ClFN2O. The van der Waals surface area contributed by atoms with Crippen molar-refractivity contribution < 1.29 is 8.81 Å². The summed E-state index contributed by atoms with van der Waals surface area (Å²) in [5, 5.41) is 3.45. The van der Waals surface area contributed by atoms with Crippen LogP contribution < -0.4 is 5.32 Å². The quantitative estimate of drug-likeness (QED) is 0.896. The summed E-state index contributed by atoms with van der Waals surface area (Å²) in [6.45, 7) is 1.05. The van der Waals surface area contributed by atoms with Gasteiger partial charge in [0.2, 0.25) is 0 Å². The van der Waals surface area contributed by atoms with E-state index in [4.69, 9.17) is 16.0 Å². The monoisotopic (exact) mass is 254 g/mol. The Morgan fingerprint density at radius 2 is 2.41 bits per heavy atom. The fourth-order valence-corrected chi connectivity index (χ4v) is 2.36. The molecule has 1 atom stereocenters. The standard InChI is InChI=1S/C12H12ClFN2O/c13-8-5-10-11(6-9(8)14)17-12(16-10)4-7-2-1-3-15-7/h5-7,15H,1-4H2. The number of nitrogens with zero attached hydrogens (tertiary/aromatic N) is 1. The molecule has 0 aliphatic carbocycles. The minimum atomic E-state index is -0.471. The summed E-state index contributed by atoms with van der Waals surface area (Å²) in [6, 6.07) is 3.21. The second-order valence-corrected chi connectivity index (χ2v) is 4.75. The Morgan fingerprint density at radius 1 is 1.53 bits per heavy atom. The van der Waals surface area contributed by atoms with Gasteiger partial charge in [0.25, 0.3) is 0 Å². The molecule has 2 aromatic rings. The van der Waals surface area contributed by atoms with Crippen LogP contribution in [0, 0.1) is 5.82 Å². The molecule has 1 aromatic carbocycles. The number of nitrogens with one attached hydrogen (secondary N) is 1. The minimum Gasteiger partial charge on any atom is -0.441 e. The topological polar surface area (TPSA) is 38.1 Å². The highest BCUT2D eigenvalue weighted by Gasteiger charge is 2.18. The summed E-state index contributed by atoms with van der Waals surface area (Å²) >= 11 is 5.70. The number of benzene rings is 1. The van der Waals surface area contributed by atoms with E-state index in [-0.39, 0.29) is 5.02 Å². The molecule has 1 unspecified atom stereocenters. The van der Waals surface area contributed by atoms with Crippen LogP contribution in [-0.2, 0) is 6.42 Å². The van der Waals surface area contributed by atoms with Crippen molar-refractivity contribution in [1.82, 2.24) is 10.3 Å². The molecule has 3 nitrogen and oxygen atoms in total. The van der Waals surface area contributed by atoms with Crippen molar-refractivity contribution in [2.75, 3.05) is 6.54 Å². The molecule has 1 aliphatic rings. The van der Waals surface area contributed by atoms with E-state index in [0.717, 1.165) is 19.4 Å². The second kappa shape index (κ2) is 4.27. The maximum absolute atomic E-state index is 13.2. The van der Waals surface area contributed by atoms with Crippen LogP contribution in [0.25, 0.3) is 11.1 Å². The van der Waals surface area contributed by atoms with Gasteiger partial charge < -0.3 is 9.73 Å². The van der Waals surface area contributed by atoms with Crippen molar-refractivity contribution in [3.05, 3.63) is 28.9 Å². The van der Waals surface area contributed by atoms with Gasteiger partial charge in [0, 0.05) is 18.5 Å². The van der Waals surface area contributed by atoms with E-state index in [1.807, 2.05) is 0 Å². The number of hydrogen-bond donors (Lipinski definition) is 1.